The van der Waals surface area contributed by atoms with Gasteiger partial charge in [0.15, 0.2) is 0 Å². The molecule has 0 aromatic heterocycles. The van der Waals surface area contributed by atoms with E-state index in [1.54, 1.807) is 0 Å². The van der Waals surface area contributed by atoms with Crippen molar-refractivity contribution in [3.63, 3.8) is 0 Å². The number of hydrogen-bond acceptors (Lipinski definition) is 2. The topological polar surface area (TPSA) is 38.0 Å². The van der Waals surface area contributed by atoms with Crippen LogP contribution >= 0.6 is 15.9 Å². The first-order valence-corrected chi connectivity index (χ1v) is 5.70. The van der Waals surface area contributed by atoms with E-state index < -0.39 is 0 Å². The Bertz CT molecular complexity index is 279. The Kier molecular flexibility index (Phi) is 4.58. The molecule has 78 valence electrons. The van der Waals surface area contributed by atoms with E-state index >= 15 is 0 Å². The lowest BCUT2D eigenvalue weighted by Crippen LogP contribution is -2.27. The van der Waals surface area contributed by atoms with Crippen LogP contribution in [0.15, 0.2) is 22.7 Å². The van der Waals surface area contributed by atoms with E-state index in [9.17, 15) is 0 Å². The second-order valence-electron chi connectivity index (χ2n) is 3.57. The van der Waals surface area contributed by atoms with Crippen molar-refractivity contribution in [2.24, 2.45) is 5.84 Å². The Balaban J connectivity index is 2.91. The first-order chi connectivity index (χ1) is 6.67. The van der Waals surface area contributed by atoms with Crippen molar-refractivity contribution >= 4 is 15.9 Å². The van der Waals surface area contributed by atoms with Crippen LogP contribution in [0, 0.1) is 6.92 Å². The molecule has 0 fully saturated rings. The van der Waals surface area contributed by atoms with Crippen LogP contribution in [0.3, 0.4) is 0 Å². The lowest BCUT2D eigenvalue weighted by Gasteiger charge is -2.16. The summed E-state index contributed by atoms with van der Waals surface area (Å²) >= 11 is 3.49. The lowest BCUT2D eigenvalue weighted by molar-refractivity contribution is 0.509. The second kappa shape index (κ2) is 5.49. The van der Waals surface area contributed by atoms with Crippen molar-refractivity contribution in [3.05, 3.63) is 33.8 Å². The molecule has 2 nitrogen and oxygen atoms in total. The molecule has 1 atom stereocenters. The first kappa shape index (κ1) is 11.7. The lowest BCUT2D eigenvalue weighted by atomic mass is 10.0. The molecule has 0 bridgehead atoms. The van der Waals surface area contributed by atoms with E-state index in [4.69, 9.17) is 5.84 Å². The summed E-state index contributed by atoms with van der Waals surface area (Å²) in [5.41, 5.74) is 5.36. The normalized spacial score (nSPS) is 12.9. The van der Waals surface area contributed by atoms with Gasteiger partial charge in [-0.1, -0.05) is 35.3 Å². The summed E-state index contributed by atoms with van der Waals surface area (Å²) in [4.78, 5) is 0. The maximum absolute atomic E-state index is 5.53. The van der Waals surface area contributed by atoms with Gasteiger partial charge in [-0.15, -0.1) is 0 Å². The number of benzene rings is 1. The van der Waals surface area contributed by atoms with Gasteiger partial charge in [0.05, 0.1) is 0 Å². The molecular weight excluding hydrogens is 240 g/mol. The molecule has 0 spiro atoms. The molecule has 1 aromatic carbocycles. The summed E-state index contributed by atoms with van der Waals surface area (Å²) in [7, 11) is 0. The summed E-state index contributed by atoms with van der Waals surface area (Å²) in [6.45, 7) is 4.25. The van der Waals surface area contributed by atoms with Crippen molar-refractivity contribution < 1.29 is 0 Å². The Labute approximate surface area is 94.0 Å². The zero-order valence-electron chi connectivity index (χ0n) is 8.68. The quantitative estimate of drug-likeness (QED) is 0.642. The van der Waals surface area contributed by atoms with Gasteiger partial charge in [0, 0.05) is 10.5 Å². The van der Waals surface area contributed by atoms with Crippen LogP contribution in [0.1, 0.15) is 36.9 Å². The van der Waals surface area contributed by atoms with Gasteiger partial charge in [-0.2, -0.15) is 0 Å². The molecule has 0 amide bonds. The van der Waals surface area contributed by atoms with Crippen molar-refractivity contribution in [1.82, 2.24) is 5.43 Å². The average molecular weight is 257 g/mol. The largest absolute Gasteiger partial charge is 0.271 e. The Morgan fingerprint density at radius 2 is 2.14 bits per heavy atom. The van der Waals surface area contributed by atoms with E-state index in [1.165, 1.54) is 11.1 Å². The van der Waals surface area contributed by atoms with E-state index in [0.29, 0.717) is 0 Å². The van der Waals surface area contributed by atoms with Gasteiger partial charge in [0.1, 0.15) is 0 Å². The van der Waals surface area contributed by atoms with Crippen LogP contribution in [-0.2, 0) is 0 Å². The smallest absolute Gasteiger partial charge is 0.0460 e. The molecule has 0 aliphatic carbocycles. The van der Waals surface area contributed by atoms with Gasteiger partial charge in [-0.25, -0.2) is 0 Å². The molecular formula is C11H17BrN2. The van der Waals surface area contributed by atoms with Gasteiger partial charge in [-0.3, -0.25) is 11.3 Å². The van der Waals surface area contributed by atoms with Crippen molar-refractivity contribution in [2.75, 3.05) is 0 Å². The van der Waals surface area contributed by atoms with E-state index in [-0.39, 0.29) is 6.04 Å². The molecule has 3 N–H and O–H groups in total. The summed E-state index contributed by atoms with van der Waals surface area (Å²) in [5, 5.41) is 0. The fraction of sp³-hybridized carbons (Fsp3) is 0.455. The molecule has 1 unspecified atom stereocenters. The predicted octanol–water partition coefficient (Wildman–Crippen LogP) is 3.06. The van der Waals surface area contributed by atoms with Gasteiger partial charge < -0.3 is 0 Å². The minimum atomic E-state index is 0.260. The molecule has 3 heteroatoms. The van der Waals surface area contributed by atoms with Gasteiger partial charge in [0.2, 0.25) is 0 Å². The Morgan fingerprint density at radius 1 is 1.43 bits per heavy atom. The molecule has 0 radical (unpaired) electrons. The van der Waals surface area contributed by atoms with E-state index in [1.807, 2.05) is 0 Å². The molecule has 1 rings (SSSR count). The fourth-order valence-electron chi connectivity index (χ4n) is 1.60. The van der Waals surface area contributed by atoms with Crippen LogP contribution in [0.5, 0.6) is 0 Å². The highest BCUT2D eigenvalue weighted by Gasteiger charge is 2.08. The summed E-state index contributed by atoms with van der Waals surface area (Å²) in [6.07, 6.45) is 2.19. The predicted molar refractivity (Wildman–Crippen MR) is 63.9 cm³/mol. The maximum Gasteiger partial charge on any atom is 0.0460 e. The minimum Gasteiger partial charge on any atom is -0.271 e. The highest BCUT2D eigenvalue weighted by atomic mass is 79.9. The van der Waals surface area contributed by atoms with Gasteiger partial charge in [0.25, 0.3) is 0 Å². The summed E-state index contributed by atoms with van der Waals surface area (Å²) in [6, 6.07) is 6.65. The number of hydrazine groups is 1. The third kappa shape index (κ3) is 3.08. The van der Waals surface area contributed by atoms with Gasteiger partial charge in [-0.05, 0) is 36.6 Å². The van der Waals surface area contributed by atoms with E-state index in [2.05, 4.69) is 53.4 Å². The number of nitrogens with two attached hydrogens (primary N) is 1. The van der Waals surface area contributed by atoms with Crippen molar-refractivity contribution in [3.8, 4) is 0 Å². The van der Waals surface area contributed by atoms with Crippen LogP contribution in [0.4, 0.5) is 0 Å². The number of rotatable bonds is 4. The molecule has 1 aromatic rings. The fourth-order valence-corrected chi connectivity index (χ4v) is 2.23. The van der Waals surface area contributed by atoms with E-state index in [0.717, 1.165) is 17.3 Å². The number of hydrogen-bond donors (Lipinski definition) is 2. The number of aryl methyl sites for hydroxylation is 1. The average Bonchev–Trinajstić information content (AvgIpc) is 2.12. The molecule has 0 aliphatic heterocycles. The van der Waals surface area contributed by atoms with Crippen LogP contribution < -0.4 is 11.3 Å². The SMILES string of the molecule is CCCC(NN)c1cc(C)cc(Br)c1. The van der Waals surface area contributed by atoms with Crippen molar-refractivity contribution in [2.45, 2.75) is 32.7 Å². The van der Waals surface area contributed by atoms with Crippen LogP contribution in [0.25, 0.3) is 0 Å². The van der Waals surface area contributed by atoms with Gasteiger partial charge >= 0.3 is 0 Å². The molecule has 0 heterocycles. The minimum absolute atomic E-state index is 0.260. The van der Waals surface area contributed by atoms with Crippen LogP contribution in [-0.4, -0.2) is 0 Å². The molecule has 0 saturated heterocycles. The molecule has 0 aliphatic rings. The zero-order valence-corrected chi connectivity index (χ0v) is 10.3. The number of nitrogens with one attached hydrogen (secondary N) is 1. The summed E-state index contributed by atoms with van der Waals surface area (Å²) < 4.78 is 1.11. The zero-order chi connectivity index (χ0) is 10.6. The van der Waals surface area contributed by atoms with Crippen LogP contribution in [0.2, 0.25) is 0 Å². The Hall–Kier alpha value is -0.380. The Morgan fingerprint density at radius 3 is 2.64 bits per heavy atom. The first-order valence-electron chi connectivity index (χ1n) is 4.90. The molecule has 0 saturated carbocycles. The summed E-state index contributed by atoms with van der Waals surface area (Å²) in [5.74, 6) is 5.53. The van der Waals surface area contributed by atoms with Crippen molar-refractivity contribution in [1.29, 1.82) is 0 Å². The third-order valence-corrected chi connectivity index (χ3v) is 2.70. The maximum atomic E-state index is 5.53. The second-order valence-corrected chi connectivity index (χ2v) is 4.49. The standard InChI is InChI=1S/C11H17BrN2/c1-3-4-11(14-13)9-5-8(2)6-10(12)7-9/h5-7,11,14H,3-4,13H2,1-2H3. The highest BCUT2D eigenvalue weighted by Crippen LogP contribution is 2.23. The highest BCUT2D eigenvalue weighted by molar-refractivity contribution is 9.10. The monoisotopic (exact) mass is 256 g/mol. The third-order valence-electron chi connectivity index (χ3n) is 2.25. The number of halogens is 1. The molecule has 14 heavy (non-hydrogen) atoms.